The van der Waals surface area contributed by atoms with Crippen molar-refractivity contribution < 1.29 is 14.2 Å². The Labute approximate surface area is 149 Å². The van der Waals surface area contributed by atoms with E-state index in [-0.39, 0.29) is 11.6 Å². The third-order valence-corrected chi connectivity index (χ3v) is 5.09. The highest BCUT2D eigenvalue weighted by Crippen LogP contribution is 2.47. The van der Waals surface area contributed by atoms with Gasteiger partial charge < -0.3 is 19.5 Å². The largest absolute Gasteiger partial charge is 0.493 e. The molecule has 1 aliphatic rings. The van der Waals surface area contributed by atoms with Crippen LogP contribution in [0.2, 0.25) is 0 Å². The lowest BCUT2D eigenvalue weighted by molar-refractivity contribution is 0.323. The lowest BCUT2D eigenvalue weighted by Crippen LogP contribution is -2.37. The summed E-state index contributed by atoms with van der Waals surface area (Å²) < 4.78 is 16.4. The maximum atomic E-state index is 5.50. The molecule has 3 rings (SSSR count). The molecule has 0 amide bonds. The first-order valence-electron chi connectivity index (χ1n) is 8.47. The Morgan fingerprint density at radius 2 is 1.56 bits per heavy atom. The van der Waals surface area contributed by atoms with Crippen LogP contribution in [0.4, 0.5) is 0 Å². The van der Waals surface area contributed by atoms with Crippen LogP contribution in [0.3, 0.4) is 0 Å². The minimum absolute atomic E-state index is 0.0214. The highest BCUT2D eigenvalue weighted by molar-refractivity contribution is 5.54. The van der Waals surface area contributed by atoms with E-state index in [1.807, 2.05) is 24.5 Å². The van der Waals surface area contributed by atoms with Crippen LogP contribution < -0.4 is 19.5 Å². The van der Waals surface area contributed by atoms with Crippen molar-refractivity contribution in [1.29, 1.82) is 0 Å². The van der Waals surface area contributed by atoms with Gasteiger partial charge in [0.05, 0.1) is 21.3 Å². The summed E-state index contributed by atoms with van der Waals surface area (Å²) in [6, 6.07) is 8.48. The predicted octanol–water partition coefficient (Wildman–Crippen LogP) is 3.70. The van der Waals surface area contributed by atoms with E-state index >= 15 is 0 Å². The monoisotopic (exact) mass is 342 g/mol. The fourth-order valence-electron chi connectivity index (χ4n) is 3.81. The van der Waals surface area contributed by atoms with Crippen molar-refractivity contribution in [3.8, 4) is 17.2 Å². The second kappa shape index (κ2) is 6.92. The van der Waals surface area contributed by atoms with Crippen molar-refractivity contribution >= 4 is 0 Å². The number of methoxy groups -OCH3 is 3. The molecule has 0 unspecified atom stereocenters. The zero-order valence-corrected chi connectivity index (χ0v) is 15.5. The lowest BCUT2D eigenvalue weighted by Gasteiger charge is -2.27. The molecule has 0 spiro atoms. The van der Waals surface area contributed by atoms with Gasteiger partial charge in [0.15, 0.2) is 11.5 Å². The zero-order valence-electron chi connectivity index (χ0n) is 15.5. The second-order valence-corrected chi connectivity index (χ2v) is 6.95. The van der Waals surface area contributed by atoms with E-state index in [0.717, 1.165) is 12.0 Å². The molecule has 1 aliphatic heterocycles. The fourth-order valence-corrected chi connectivity index (χ4v) is 3.81. The number of hydrogen-bond donors (Lipinski definition) is 1. The molecule has 0 saturated carbocycles. The van der Waals surface area contributed by atoms with Crippen LogP contribution in [0.5, 0.6) is 17.2 Å². The molecule has 0 aliphatic carbocycles. The summed E-state index contributed by atoms with van der Waals surface area (Å²) in [6.07, 6.45) is 4.71. The lowest BCUT2D eigenvalue weighted by atomic mass is 9.83. The number of nitrogens with zero attached hydrogens (tertiary/aromatic N) is 1. The van der Waals surface area contributed by atoms with Crippen LogP contribution in [-0.4, -0.2) is 31.9 Å². The molecule has 1 aromatic carbocycles. The van der Waals surface area contributed by atoms with Gasteiger partial charge in [-0.25, -0.2) is 0 Å². The molecule has 2 aromatic rings. The Kier molecular flexibility index (Phi) is 4.86. The van der Waals surface area contributed by atoms with E-state index in [1.54, 1.807) is 21.3 Å². The first kappa shape index (κ1) is 17.5. The maximum Gasteiger partial charge on any atom is 0.203 e. The molecule has 1 aromatic heterocycles. The van der Waals surface area contributed by atoms with Gasteiger partial charge in [-0.05, 0) is 55.7 Å². The van der Waals surface area contributed by atoms with E-state index in [1.165, 1.54) is 5.56 Å². The summed E-state index contributed by atoms with van der Waals surface area (Å²) in [5.74, 6) is 2.39. The van der Waals surface area contributed by atoms with Gasteiger partial charge in [0, 0.05) is 29.9 Å². The number of hydrogen-bond acceptors (Lipinski definition) is 5. The van der Waals surface area contributed by atoms with Crippen molar-refractivity contribution in [2.45, 2.75) is 37.8 Å². The highest BCUT2D eigenvalue weighted by Gasteiger charge is 2.41. The molecule has 5 heteroatoms. The summed E-state index contributed by atoms with van der Waals surface area (Å²) in [5, 5.41) is 3.76. The van der Waals surface area contributed by atoms with Crippen LogP contribution in [0.1, 0.15) is 43.4 Å². The average molecular weight is 342 g/mol. The van der Waals surface area contributed by atoms with Crippen LogP contribution >= 0.6 is 0 Å². The van der Waals surface area contributed by atoms with E-state index in [2.05, 4.69) is 36.3 Å². The van der Waals surface area contributed by atoms with Crippen molar-refractivity contribution in [2.75, 3.05) is 21.3 Å². The standard InChI is InChI=1S/C20H26N2O3/c1-20(2)15(13-6-8-21-9-7-13)12-16(22-20)14-10-17(23-3)19(25-5)18(11-14)24-4/h6-11,15-16,22H,12H2,1-5H3/t15-,16-/m0/s1. The third-order valence-electron chi connectivity index (χ3n) is 5.09. The van der Waals surface area contributed by atoms with E-state index in [9.17, 15) is 0 Å². The quantitative estimate of drug-likeness (QED) is 0.898. The molecule has 2 heterocycles. The molecule has 1 fully saturated rings. The first-order chi connectivity index (χ1) is 12.0. The molecule has 1 N–H and O–H groups in total. The van der Waals surface area contributed by atoms with Gasteiger partial charge in [-0.3, -0.25) is 4.98 Å². The van der Waals surface area contributed by atoms with Gasteiger partial charge in [-0.15, -0.1) is 0 Å². The van der Waals surface area contributed by atoms with Crippen molar-refractivity contribution in [1.82, 2.24) is 10.3 Å². The van der Waals surface area contributed by atoms with Gasteiger partial charge in [-0.2, -0.15) is 0 Å². The van der Waals surface area contributed by atoms with E-state index in [4.69, 9.17) is 14.2 Å². The van der Waals surface area contributed by atoms with Crippen molar-refractivity contribution in [3.05, 3.63) is 47.8 Å². The number of benzene rings is 1. The molecule has 0 bridgehead atoms. The Morgan fingerprint density at radius 1 is 0.960 bits per heavy atom. The number of aromatic nitrogens is 1. The number of nitrogens with one attached hydrogen (secondary N) is 1. The zero-order chi connectivity index (χ0) is 18.0. The van der Waals surface area contributed by atoms with Crippen LogP contribution in [0, 0.1) is 0 Å². The van der Waals surface area contributed by atoms with Crippen LogP contribution in [0.25, 0.3) is 0 Å². The number of ether oxygens (including phenoxy) is 3. The SMILES string of the molecule is COc1cc([C@@H]2C[C@@H](c3ccncc3)C(C)(C)N2)cc(OC)c1OC. The second-order valence-electron chi connectivity index (χ2n) is 6.95. The summed E-state index contributed by atoms with van der Waals surface area (Å²) in [4.78, 5) is 4.14. The molecular weight excluding hydrogens is 316 g/mol. The smallest absolute Gasteiger partial charge is 0.203 e. The van der Waals surface area contributed by atoms with E-state index in [0.29, 0.717) is 23.2 Å². The Hall–Kier alpha value is -2.27. The Morgan fingerprint density at radius 3 is 2.08 bits per heavy atom. The summed E-state index contributed by atoms with van der Waals surface area (Å²) >= 11 is 0. The molecule has 2 atom stereocenters. The highest BCUT2D eigenvalue weighted by atomic mass is 16.5. The van der Waals surface area contributed by atoms with Crippen LogP contribution in [0.15, 0.2) is 36.7 Å². The molecular formula is C20H26N2O3. The van der Waals surface area contributed by atoms with Gasteiger partial charge >= 0.3 is 0 Å². The van der Waals surface area contributed by atoms with E-state index < -0.39 is 0 Å². The normalized spacial score (nSPS) is 21.8. The topological polar surface area (TPSA) is 52.6 Å². The first-order valence-corrected chi connectivity index (χ1v) is 8.47. The summed E-state index contributed by atoms with van der Waals surface area (Å²) in [5.41, 5.74) is 2.42. The van der Waals surface area contributed by atoms with Gasteiger partial charge in [-0.1, -0.05) is 0 Å². The fraction of sp³-hybridized carbons (Fsp3) is 0.450. The molecule has 134 valence electrons. The molecule has 25 heavy (non-hydrogen) atoms. The van der Waals surface area contributed by atoms with Gasteiger partial charge in [0.2, 0.25) is 5.75 Å². The number of pyridine rings is 1. The maximum absolute atomic E-state index is 5.50. The number of rotatable bonds is 5. The minimum atomic E-state index is -0.0214. The van der Waals surface area contributed by atoms with Gasteiger partial charge in [0.1, 0.15) is 0 Å². The molecule has 0 radical (unpaired) electrons. The molecule has 1 saturated heterocycles. The summed E-state index contributed by atoms with van der Waals surface area (Å²) in [7, 11) is 4.91. The predicted molar refractivity (Wildman–Crippen MR) is 97.6 cm³/mol. The summed E-state index contributed by atoms with van der Waals surface area (Å²) in [6.45, 7) is 4.49. The average Bonchev–Trinajstić information content (AvgIpc) is 2.96. The third kappa shape index (κ3) is 3.29. The van der Waals surface area contributed by atoms with Crippen molar-refractivity contribution in [2.24, 2.45) is 0 Å². The van der Waals surface area contributed by atoms with Crippen molar-refractivity contribution in [3.63, 3.8) is 0 Å². The Bertz CT molecular complexity index is 706. The van der Waals surface area contributed by atoms with Gasteiger partial charge in [0.25, 0.3) is 0 Å². The Balaban J connectivity index is 1.95. The molecule has 5 nitrogen and oxygen atoms in total. The minimum Gasteiger partial charge on any atom is -0.493 e. The van der Waals surface area contributed by atoms with Crippen LogP contribution in [-0.2, 0) is 0 Å².